The normalized spacial score (nSPS) is 13.1. The number of aromatic nitrogens is 2. The zero-order chi connectivity index (χ0) is 29.0. The molecular formula is C41H30N2. The first-order chi connectivity index (χ1) is 21.1. The van der Waals surface area contributed by atoms with Crippen LogP contribution in [0.1, 0.15) is 25.0 Å². The summed E-state index contributed by atoms with van der Waals surface area (Å²) in [7, 11) is 0. The first-order valence-electron chi connectivity index (χ1n) is 14.8. The Morgan fingerprint density at radius 1 is 0.442 bits per heavy atom. The van der Waals surface area contributed by atoms with Crippen molar-refractivity contribution in [2.45, 2.75) is 19.3 Å². The lowest BCUT2D eigenvalue weighted by molar-refractivity contribution is 0.662. The van der Waals surface area contributed by atoms with E-state index in [1.165, 1.54) is 38.9 Å². The second-order valence-corrected chi connectivity index (χ2v) is 11.8. The Kier molecular flexibility index (Phi) is 5.84. The molecule has 0 amide bonds. The van der Waals surface area contributed by atoms with Gasteiger partial charge in [0.15, 0.2) is 5.82 Å². The summed E-state index contributed by atoms with van der Waals surface area (Å²) in [6.07, 6.45) is 0. The lowest BCUT2D eigenvalue weighted by atomic mass is 9.79. The number of hydrogen-bond acceptors (Lipinski definition) is 2. The molecule has 8 rings (SSSR count). The third kappa shape index (κ3) is 4.18. The fourth-order valence-electron chi connectivity index (χ4n) is 6.80. The van der Waals surface area contributed by atoms with Gasteiger partial charge in [0.25, 0.3) is 0 Å². The third-order valence-corrected chi connectivity index (χ3v) is 8.86. The first-order valence-corrected chi connectivity index (χ1v) is 14.8. The highest BCUT2D eigenvalue weighted by molar-refractivity contribution is 5.96. The van der Waals surface area contributed by atoms with Gasteiger partial charge < -0.3 is 0 Å². The monoisotopic (exact) mass is 550 g/mol. The summed E-state index contributed by atoms with van der Waals surface area (Å²) < 4.78 is 0. The Morgan fingerprint density at radius 2 is 1.07 bits per heavy atom. The van der Waals surface area contributed by atoms with Gasteiger partial charge in [-0.3, -0.25) is 0 Å². The van der Waals surface area contributed by atoms with Crippen molar-refractivity contribution < 1.29 is 0 Å². The number of hydrogen-bond donors (Lipinski definition) is 0. The molecule has 0 aliphatic heterocycles. The van der Waals surface area contributed by atoms with Crippen molar-refractivity contribution in [3.63, 3.8) is 0 Å². The first kappa shape index (κ1) is 25.4. The Balaban J connectivity index is 1.29. The zero-order valence-corrected chi connectivity index (χ0v) is 24.3. The highest BCUT2D eigenvalue weighted by atomic mass is 14.9. The third-order valence-electron chi connectivity index (χ3n) is 8.86. The van der Waals surface area contributed by atoms with Crippen molar-refractivity contribution in [1.29, 1.82) is 0 Å². The molecule has 1 heterocycles. The smallest absolute Gasteiger partial charge is 0.160 e. The topological polar surface area (TPSA) is 25.8 Å². The van der Waals surface area contributed by atoms with Gasteiger partial charge >= 0.3 is 0 Å². The van der Waals surface area contributed by atoms with E-state index in [-0.39, 0.29) is 5.41 Å². The van der Waals surface area contributed by atoms with Crippen LogP contribution in [0.15, 0.2) is 146 Å². The lowest BCUT2D eigenvalue weighted by Gasteiger charge is -2.24. The van der Waals surface area contributed by atoms with Gasteiger partial charge in [-0.2, -0.15) is 0 Å². The van der Waals surface area contributed by atoms with Crippen molar-refractivity contribution in [2.75, 3.05) is 0 Å². The van der Waals surface area contributed by atoms with Gasteiger partial charge in [0.05, 0.1) is 11.2 Å². The van der Waals surface area contributed by atoms with Gasteiger partial charge in [-0.15, -0.1) is 0 Å². The molecule has 1 aromatic heterocycles. The zero-order valence-electron chi connectivity index (χ0n) is 24.3. The van der Waals surface area contributed by atoms with E-state index in [2.05, 4.69) is 147 Å². The van der Waals surface area contributed by atoms with Crippen molar-refractivity contribution in [1.82, 2.24) is 9.97 Å². The van der Waals surface area contributed by atoms with Crippen molar-refractivity contribution in [3.8, 4) is 56.0 Å². The maximum Gasteiger partial charge on any atom is 0.160 e. The molecule has 0 saturated carbocycles. The fraction of sp³-hybridized carbons (Fsp3) is 0.0732. The molecule has 2 heteroatoms. The molecule has 0 saturated heterocycles. The van der Waals surface area contributed by atoms with Gasteiger partial charge in [-0.1, -0.05) is 141 Å². The van der Waals surface area contributed by atoms with Crippen LogP contribution in [-0.2, 0) is 5.41 Å². The number of nitrogens with zero attached hydrogens (tertiary/aromatic N) is 2. The van der Waals surface area contributed by atoms with E-state index in [1.54, 1.807) is 0 Å². The van der Waals surface area contributed by atoms with Crippen LogP contribution in [0.2, 0.25) is 0 Å². The highest BCUT2D eigenvalue weighted by Crippen LogP contribution is 2.52. The van der Waals surface area contributed by atoms with Crippen LogP contribution in [0.3, 0.4) is 0 Å². The Hall–Kier alpha value is -5.34. The van der Waals surface area contributed by atoms with Gasteiger partial charge in [0.1, 0.15) is 0 Å². The molecule has 0 unspecified atom stereocenters. The van der Waals surface area contributed by atoms with Gasteiger partial charge in [0.2, 0.25) is 0 Å². The van der Waals surface area contributed by atoms with Crippen LogP contribution in [-0.4, -0.2) is 9.97 Å². The van der Waals surface area contributed by atoms with Crippen molar-refractivity contribution in [2.24, 2.45) is 0 Å². The molecule has 6 aromatic carbocycles. The van der Waals surface area contributed by atoms with Gasteiger partial charge in [0, 0.05) is 21.9 Å². The molecule has 7 aromatic rings. The fourth-order valence-corrected chi connectivity index (χ4v) is 6.80. The number of benzene rings is 6. The molecule has 0 fully saturated rings. The summed E-state index contributed by atoms with van der Waals surface area (Å²) >= 11 is 0. The molecule has 204 valence electrons. The molecule has 43 heavy (non-hydrogen) atoms. The van der Waals surface area contributed by atoms with Crippen LogP contribution < -0.4 is 0 Å². The second-order valence-electron chi connectivity index (χ2n) is 11.8. The largest absolute Gasteiger partial charge is 0.228 e. The molecule has 0 N–H and O–H groups in total. The average molecular weight is 551 g/mol. The number of fused-ring (bicyclic) bond motifs is 4. The van der Waals surface area contributed by atoms with E-state index >= 15 is 0 Å². The summed E-state index contributed by atoms with van der Waals surface area (Å²) in [4.78, 5) is 10.4. The van der Waals surface area contributed by atoms with E-state index in [1.807, 2.05) is 12.1 Å². The molecule has 2 nitrogen and oxygen atoms in total. The molecule has 1 aliphatic carbocycles. The van der Waals surface area contributed by atoms with Crippen molar-refractivity contribution >= 4 is 10.9 Å². The summed E-state index contributed by atoms with van der Waals surface area (Å²) in [5.74, 6) is 0.732. The molecule has 0 bridgehead atoms. The predicted molar refractivity (Wildman–Crippen MR) is 179 cm³/mol. The van der Waals surface area contributed by atoms with Gasteiger partial charge in [-0.25, -0.2) is 9.97 Å². The van der Waals surface area contributed by atoms with E-state index in [4.69, 9.17) is 9.97 Å². The Bertz CT molecular complexity index is 2140. The van der Waals surface area contributed by atoms with Crippen molar-refractivity contribution in [3.05, 3.63) is 157 Å². The molecule has 1 aliphatic rings. The predicted octanol–water partition coefficient (Wildman–Crippen LogP) is 10.6. The summed E-state index contributed by atoms with van der Waals surface area (Å²) in [6, 6.07) is 51.7. The summed E-state index contributed by atoms with van der Waals surface area (Å²) in [5, 5.41) is 1.05. The quantitative estimate of drug-likeness (QED) is 0.218. The Morgan fingerprint density at radius 3 is 1.88 bits per heavy atom. The summed E-state index contributed by atoms with van der Waals surface area (Å²) in [5.41, 5.74) is 14.1. The molecule has 0 atom stereocenters. The molecular weight excluding hydrogens is 520 g/mol. The van der Waals surface area contributed by atoms with E-state index < -0.39 is 0 Å². The molecule has 0 radical (unpaired) electrons. The van der Waals surface area contributed by atoms with Crippen LogP contribution in [0.25, 0.3) is 66.9 Å². The minimum Gasteiger partial charge on any atom is -0.228 e. The van der Waals surface area contributed by atoms with Crippen LogP contribution in [0.4, 0.5) is 0 Å². The van der Waals surface area contributed by atoms with Crippen LogP contribution in [0.5, 0.6) is 0 Å². The van der Waals surface area contributed by atoms with Gasteiger partial charge in [-0.05, 0) is 62.7 Å². The molecule has 0 spiro atoms. The number of rotatable bonds is 4. The standard InChI is InChI=1S/C41H30N2/c1-41(2)36-22-10-9-19-33(36)34-21-12-20-32(38(34)41)30-17-11-18-31(25-30)40-42-37-24-23-29(27-13-5-3-6-14-27)26-35(37)39(43-40)28-15-7-4-8-16-28/h3-26H,1-2H3. The minimum absolute atomic E-state index is 0.0884. The Labute approximate surface area is 252 Å². The van der Waals surface area contributed by atoms with E-state index in [0.29, 0.717) is 0 Å². The van der Waals surface area contributed by atoms with Crippen LogP contribution in [0, 0.1) is 0 Å². The average Bonchev–Trinajstić information content (AvgIpc) is 3.31. The minimum atomic E-state index is -0.0884. The maximum absolute atomic E-state index is 5.23. The lowest BCUT2D eigenvalue weighted by Crippen LogP contribution is -2.16. The maximum atomic E-state index is 5.23. The summed E-state index contributed by atoms with van der Waals surface area (Å²) in [6.45, 7) is 4.68. The highest BCUT2D eigenvalue weighted by Gasteiger charge is 2.37. The SMILES string of the molecule is CC1(C)c2ccccc2-c2cccc(-c3cccc(-c4nc(-c5ccccc5)c5cc(-c6ccccc6)ccc5n4)c3)c21. The van der Waals surface area contributed by atoms with E-state index in [9.17, 15) is 0 Å². The van der Waals surface area contributed by atoms with Crippen LogP contribution >= 0.6 is 0 Å². The second kappa shape index (κ2) is 9.89. The van der Waals surface area contributed by atoms with E-state index in [0.717, 1.165) is 39.1 Å².